The van der Waals surface area contributed by atoms with Crippen LogP contribution in [0.4, 0.5) is 0 Å². The van der Waals surface area contributed by atoms with Gasteiger partial charge in [-0.2, -0.15) is 0 Å². The standard InChI is InChI=1S/C24H22OSi2.H8O2Si3/c1-5-13-21(14-6-1)26(22-15-7-2-8-16-22)25-27(23-17-9-3-10-18-23)24-19-11-4-12-20-24;3-1-5-2-4/h1-20,26-27H;5H2,3-4H3. The summed E-state index contributed by atoms with van der Waals surface area (Å²) < 4.78 is 16.6. The van der Waals surface area contributed by atoms with Gasteiger partial charge >= 0.3 is 0 Å². The molecule has 3 nitrogen and oxygen atoms in total. The molecule has 0 saturated carbocycles. The molecule has 0 radical (unpaired) electrons. The van der Waals surface area contributed by atoms with Crippen molar-refractivity contribution in [3.05, 3.63) is 121 Å². The van der Waals surface area contributed by atoms with Crippen LogP contribution in [-0.2, 0) is 12.3 Å². The molecule has 0 N–H and O–H groups in total. The summed E-state index contributed by atoms with van der Waals surface area (Å²) in [7, 11) is -2.30. The van der Waals surface area contributed by atoms with Gasteiger partial charge in [-0.25, -0.2) is 0 Å². The molecule has 0 spiro atoms. The van der Waals surface area contributed by atoms with Crippen molar-refractivity contribution < 1.29 is 12.3 Å². The lowest BCUT2D eigenvalue weighted by Crippen LogP contribution is -2.55. The van der Waals surface area contributed by atoms with Crippen molar-refractivity contribution in [1.29, 1.82) is 0 Å². The van der Waals surface area contributed by atoms with E-state index >= 15 is 0 Å². The Balaban J connectivity index is 0.000000523. The Labute approximate surface area is 203 Å². The third-order valence-corrected chi connectivity index (χ3v) is 12.9. The average molecular weight is 507 g/mol. The van der Waals surface area contributed by atoms with Crippen molar-refractivity contribution in [1.82, 2.24) is 0 Å². The summed E-state index contributed by atoms with van der Waals surface area (Å²) in [4.78, 5) is 0. The van der Waals surface area contributed by atoms with E-state index in [0.717, 1.165) is 21.0 Å². The van der Waals surface area contributed by atoms with Crippen LogP contribution in [0.1, 0.15) is 0 Å². The molecular weight excluding hydrogens is 477 g/mol. The minimum atomic E-state index is -1.79. The Morgan fingerprint density at radius 3 is 0.875 bits per heavy atom. The van der Waals surface area contributed by atoms with E-state index in [1.54, 1.807) is 0 Å². The molecular formula is C24H30O3Si5. The van der Waals surface area contributed by atoms with E-state index in [1.165, 1.54) is 20.7 Å². The number of hydrogen-bond donors (Lipinski definition) is 0. The highest BCUT2D eigenvalue weighted by Crippen LogP contribution is 2.01. The van der Waals surface area contributed by atoms with Crippen LogP contribution < -0.4 is 20.7 Å². The smallest absolute Gasteiger partial charge is 0.282 e. The molecule has 0 unspecified atom stereocenters. The lowest BCUT2D eigenvalue weighted by Gasteiger charge is -2.25. The summed E-state index contributed by atoms with van der Waals surface area (Å²) in [6.45, 7) is 0. The fourth-order valence-corrected chi connectivity index (χ4v) is 13.2. The van der Waals surface area contributed by atoms with Crippen LogP contribution in [0.5, 0.6) is 0 Å². The quantitative estimate of drug-likeness (QED) is 0.277. The molecule has 8 heteroatoms. The maximum absolute atomic E-state index is 7.07. The summed E-state index contributed by atoms with van der Waals surface area (Å²) in [5.74, 6) is 0. The molecule has 4 rings (SSSR count). The highest BCUT2D eigenvalue weighted by atomic mass is 28.4. The fraction of sp³-hybridized carbons (Fsp3) is 0. The van der Waals surface area contributed by atoms with E-state index in [1.807, 2.05) is 0 Å². The van der Waals surface area contributed by atoms with E-state index in [9.17, 15) is 0 Å². The second kappa shape index (κ2) is 14.1. The van der Waals surface area contributed by atoms with Crippen molar-refractivity contribution in [3.63, 3.8) is 0 Å². The normalized spacial score (nSPS) is 11.2. The fourth-order valence-electron chi connectivity index (χ4n) is 3.46. The Morgan fingerprint density at radius 1 is 0.438 bits per heavy atom. The van der Waals surface area contributed by atoms with Gasteiger partial charge < -0.3 is 12.3 Å². The lowest BCUT2D eigenvalue weighted by atomic mass is 10.4. The average Bonchev–Trinajstić information content (AvgIpc) is 2.88. The third kappa shape index (κ3) is 7.47. The number of benzene rings is 4. The predicted octanol–water partition coefficient (Wildman–Crippen LogP) is -1.34. The van der Waals surface area contributed by atoms with Crippen LogP contribution in [0.3, 0.4) is 0 Å². The number of rotatable bonds is 8. The second-order valence-electron chi connectivity index (χ2n) is 7.23. The van der Waals surface area contributed by atoms with Crippen molar-refractivity contribution in [2.75, 3.05) is 0 Å². The molecule has 4 aromatic rings. The van der Waals surface area contributed by atoms with Crippen LogP contribution in [-0.4, -0.2) is 49.1 Å². The van der Waals surface area contributed by atoms with Crippen LogP contribution in [0.2, 0.25) is 0 Å². The molecule has 0 fully saturated rings. The minimum Gasteiger partial charge on any atom is -0.449 e. The first-order valence-corrected chi connectivity index (χ1v) is 16.7. The van der Waals surface area contributed by atoms with Crippen LogP contribution in [0.15, 0.2) is 121 Å². The molecule has 0 bridgehead atoms. The van der Waals surface area contributed by atoms with Gasteiger partial charge in [0.05, 0.1) is 0 Å². The zero-order valence-electron chi connectivity index (χ0n) is 18.6. The Bertz CT molecular complexity index is 847. The molecule has 0 amide bonds. The van der Waals surface area contributed by atoms with Crippen LogP contribution in [0, 0.1) is 0 Å². The van der Waals surface area contributed by atoms with Gasteiger partial charge in [0.15, 0.2) is 0 Å². The van der Waals surface area contributed by atoms with Gasteiger partial charge in [0.2, 0.25) is 18.1 Å². The van der Waals surface area contributed by atoms with Gasteiger partial charge in [0.1, 0.15) is 21.0 Å². The second-order valence-corrected chi connectivity index (χ2v) is 17.4. The molecule has 4 aromatic carbocycles. The summed E-state index contributed by atoms with van der Waals surface area (Å²) in [6, 6.07) is 42.9. The maximum Gasteiger partial charge on any atom is 0.282 e. The maximum atomic E-state index is 7.07. The van der Waals surface area contributed by atoms with Gasteiger partial charge in [-0.05, 0) is 20.7 Å². The summed E-state index contributed by atoms with van der Waals surface area (Å²) in [5.41, 5.74) is 0. The third-order valence-electron chi connectivity index (χ3n) is 4.92. The summed E-state index contributed by atoms with van der Waals surface area (Å²) >= 11 is 0. The van der Waals surface area contributed by atoms with E-state index in [0.29, 0.717) is 0 Å². The van der Waals surface area contributed by atoms with Gasteiger partial charge in [0.25, 0.3) is 10.0 Å². The Morgan fingerprint density at radius 2 is 0.688 bits per heavy atom. The molecule has 0 aromatic heterocycles. The topological polar surface area (TPSA) is 27.7 Å². The van der Waals surface area contributed by atoms with Crippen molar-refractivity contribution >= 4 is 69.8 Å². The molecule has 164 valence electrons. The number of hydrogen-bond acceptors (Lipinski definition) is 3. The van der Waals surface area contributed by atoms with E-state index < -0.39 is 28.1 Å². The largest absolute Gasteiger partial charge is 0.449 e. The summed E-state index contributed by atoms with van der Waals surface area (Å²) in [5, 5.41) is 5.31. The first-order valence-electron chi connectivity index (χ1n) is 10.7. The molecule has 32 heavy (non-hydrogen) atoms. The van der Waals surface area contributed by atoms with Gasteiger partial charge in [-0.3, -0.25) is 0 Å². The van der Waals surface area contributed by atoms with E-state index in [2.05, 4.69) is 121 Å². The molecule has 0 aliphatic carbocycles. The van der Waals surface area contributed by atoms with Gasteiger partial charge in [-0.15, -0.1) is 0 Å². The van der Waals surface area contributed by atoms with Crippen LogP contribution in [0.25, 0.3) is 0 Å². The van der Waals surface area contributed by atoms with Gasteiger partial charge in [0, 0.05) is 0 Å². The minimum absolute atomic E-state index is 0.444. The molecule has 0 aliphatic heterocycles. The first kappa shape index (κ1) is 24.5. The predicted molar refractivity (Wildman–Crippen MR) is 150 cm³/mol. The van der Waals surface area contributed by atoms with Crippen molar-refractivity contribution in [2.24, 2.45) is 0 Å². The molecule has 0 aliphatic rings. The van der Waals surface area contributed by atoms with E-state index in [-0.39, 0.29) is 0 Å². The first-order chi connectivity index (χ1) is 15.8. The van der Waals surface area contributed by atoms with Crippen molar-refractivity contribution in [3.8, 4) is 0 Å². The highest BCUT2D eigenvalue weighted by Gasteiger charge is 2.25. The molecule has 0 saturated heterocycles. The van der Waals surface area contributed by atoms with Crippen LogP contribution >= 0.6 is 0 Å². The zero-order valence-corrected chi connectivity index (χ0v) is 26.4. The Kier molecular flexibility index (Phi) is 10.8. The SMILES string of the molecule is [SiH3]O[SiH2]O[SiH3].c1ccc([SiH](O[SiH](c2ccccc2)c2ccccc2)c2ccccc2)cc1. The molecule has 0 heterocycles. The Hall–Kier alpha value is -2.16. The monoisotopic (exact) mass is 506 g/mol. The van der Waals surface area contributed by atoms with Crippen molar-refractivity contribution in [2.45, 2.75) is 0 Å². The zero-order chi connectivity index (χ0) is 22.4. The van der Waals surface area contributed by atoms with E-state index in [4.69, 9.17) is 12.3 Å². The summed E-state index contributed by atoms with van der Waals surface area (Å²) in [6.07, 6.45) is 0. The molecule has 0 atom stereocenters. The highest BCUT2D eigenvalue weighted by molar-refractivity contribution is 6.91. The lowest BCUT2D eigenvalue weighted by molar-refractivity contribution is 0.513. The van der Waals surface area contributed by atoms with Gasteiger partial charge in [-0.1, -0.05) is 121 Å².